The third-order valence-corrected chi connectivity index (χ3v) is 7.95. The lowest BCUT2D eigenvalue weighted by atomic mass is 10.2. The van der Waals surface area contributed by atoms with Crippen LogP contribution in [0, 0.1) is 0 Å². The summed E-state index contributed by atoms with van der Waals surface area (Å²) in [5.74, 6) is 0.793. The predicted molar refractivity (Wildman–Crippen MR) is 121 cm³/mol. The SMILES string of the molecule is CCn1c(-c2ccc(S(=O)(=O)N3CCOCC3)cc2)csc1=Nc1ccc(OC)cc1. The molecule has 164 valence electrons. The number of ether oxygens (including phenoxy) is 2. The molecule has 0 bridgehead atoms. The zero-order valence-electron chi connectivity index (χ0n) is 17.5. The van der Waals surface area contributed by atoms with Crippen LogP contribution in [0.4, 0.5) is 5.69 Å². The van der Waals surface area contributed by atoms with Crippen LogP contribution in [-0.2, 0) is 21.3 Å². The van der Waals surface area contributed by atoms with Gasteiger partial charge in [-0.3, -0.25) is 0 Å². The molecule has 0 radical (unpaired) electrons. The lowest BCUT2D eigenvalue weighted by Crippen LogP contribution is -2.40. The number of aromatic nitrogens is 1. The maximum absolute atomic E-state index is 12.9. The molecule has 0 aliphatic carbocycles. The molecule has 31 heavy (non-hydrogen) atoms. The number of rotatable bonds is 6. The average molecular weight is 460 g/mol. The topological polar surface area (TPSA) is 73.1 Å². The maximum atomic E-state index is 12.9. The Morgan fingerprint density at radius 3 is 2.35 bits per heavy atom. The van der Waals surface area contributed by atoms with Gasteiger partial charge in [0.25, 0.3) is 0 Å². The lowest BCUT2D eigenvalue weighted by molar-refractivity contribution is 0.0730. The summed E-state index contributed by atoms with van der Waals surface area (Å²) in [5.41, 5.74) is 2.81. The first kappa shape index (κ1) is 21.8. The van der Waals surface area contributed by atoms with E-state index < -0.39 is 10.0 Å². The van der Waals surface area contributed by atoms with E-state index in [9.17, 15) is 8.42 Å². The predicted octanol–water partition coefficient (Wildman–Crippen LogP) is 3.50. The van der Waals surface area contributed by atoms with Gasteiger partial charge in [-0.15, -0.1) is 11.3 Å². The van der Waals surface area contributed by atoms with Gasteiger partial charge in [0, 0.05) is 25.0 Å². The molecule has 0 unspecified atom stereocenters. The van der Waals surface area contributed by atoms with Gasteiger partial charge in [0.2, 0.25) is 10.0 Å². The van der Waals surface area contributed by atoms with E-state index in [1.54, 1.807) is 30.6 Å². The number of morpholine rings is 1. The van der Waals surface area contributed by atoms with Crippen molar-refractivity contribution in [1.82, 2.24) is 8.87 Å². The fourth-order valence-corrected chi connectivity index (χ4v) is 5.86. The zero-order valence-corrected chi connectivity index (χ0v) is 19.2. The molecule has 0 spiro atoms. The lowest BCUT2D eigenvalue weighted by Gasteiger charge is -2.26. The molecule has 2 aromatic carbocycles. The van der Waals surface area contributed by atoms with Gasteiger partial charge in [0.15, 0.2) is 4.80 Å². The molecule has 3 aromatic rings. The van der Waals surface area contributed by atoms with Crippen molar-refractivity contribution in [1.29, 1.82) is 0 Å². The monoisotopic (exact) mass is 459 g/mol. The Morgan fingerprint density at radius 2 is 1.74 bits per heavy atom. The van der Waals surface area contributed by atoms with Crippen molar-refractivity contribution in [3.8, 4) is 17.0 Å². The van der Waals surface area contributed by atoms with Gasteiger partial charge in [-0.05, 0) is 48.9 Å². The minimum atomic E-state index is -3.50. The van der Waals surface area contributed by atoms with Gasteiger partial charge in [0.05, 0.1) is 36.6 Å². The Labute approximate surface area is 186 Å². The van der Waals surface area contributed by atoms with Gasteiger partial charge >= 0.3 is 0 Å². The second kappa shape index (κ2) is 9.35. The van der Waals surface area contributed by atoms with Gasteiger partial charge < -0.3 is 14.0 Å². The van der Waals surface area contributed by atoms with Crippen molar-refractivity contribution in [3.05, 3.63) is 58.7 Å². The van der Waals surface area contributed by atoms with Crippen LogP contribution in [0.2, 0.25) is 0 Å². The van der Waals surface area contributed by atoms with Crippen LogP contribution in [0.1, 0.15) is 6.92 Å². The minimum Gasteiger partial charge on any atom is -0.497 e. The first-order chi connectivity index (χ1) is 15.0. The van der Waals surface area contributed by atoms with E-state index in [1.165, 1.54) is 4.31 Å². The van der Waals surface area contributed by atoms with Crippen LogP contribution < -0.4 is 9.54 Å². The fourth-order valence-electron chi connectivity index (χ4n) is 3.46. The standard InChI is InChI=1S/C22H25N3O4S2/c1-3-25-21(16-30-22(25)23-18-6-8-19(28-2)9-7-18)17-4-10-20(11-5-17)31(26,27)24-12-14-29-15-13-24/h4-11,16H,3,12-15H2,1-2H3. The Morgan fingerprint density at radius 1 is 1.06 bits per heavy atom. The third kappa shape index (κ3) is 4.59. The molecule has 0 saturated carbocycles. The van der Waals surface area contributed by atoms with Crippen LogP contribution in [0.3, 0.4) is 0 Å². The zero-order chi connectivity index (χ0) is 21.8. The molecule has 0 amide bonds. The van der Waals surface area contributed by atoms with Crippen molar-refractivity contribution >= 4 is 27.0 Å². The molecule has 0 N–H and O–H groups in total. The molecule has 4 rings (SSSR count). The highest BCUT2D eigenvalue weighted by Gasteiger charge is 2.26. The second-order valence-electron chi connectivity index (χ2n) is 7.00. The van der Waals surface area contributed by atoms with Crippen LogP contribution in [0.5, 0.6) is 5.75 Å². The summed E-state index contributed by atoms with van der Waals surface area (Å²) in [6.07, 6.45) is 0. The highest BCUT2D eigenvalue weighted by Crippen LogP contribution is 2.25. The van der Waals surface area contributed by atoms with E-state index in [0.717, 1.165) is 34.0 Å². The molecule has 7 nitrogen and oxygen atoms in total. The molecule has 0 atom stereocenters. The summed E-state index contributed by atoms with van der Waals surface area (Å²) in [6.45, 7) is 4.47. The maximum Gasteiger partial charge on any atom is 0.243 e. The Bertz CT molecular complexity index is 1190. The number of methoxy groups -OCH3 is 1. The summed E-state index contributed by atoms with van der Waals surface area (Å²) >= 11 is 1.56. The van der Waals surface area contributed by atoms with E-state index in [4.69, 9.17) is 14.5 Å². The smallest absolute Gasteiger partial charge is 0.243 e. The Kier molecular flexibility index (Phi) is 6.57. The molecule has 2 heterocycles. The van der Waals surface area contributed by atoms with E-state index in [2.05, 4.69) is 16.9 Å². The second-order valence-corrected chi connectivity index (χ2v) is 9.77. The molecular weight excluding hydrogens is 434 g/mol. The fraction of sp³-hybridized carbons (Fsp3) is 0.318. The van der Waals surface area contributed by atoms with Gasteiger partial charge in [0.1, 0.15) is 5.75 Å². The Balaban J connectivity index is 1.63. The average Bonchev–Trinajstić information content (AvgIpc) is 3.22. The van der Waals surface area contributed by atoms with Crippen LogP contribution >= 0.6 is 11.3 Å². The number of nitrogens with zero attached hydrogens (tertiary/aromatic N) is 3. The first-order valence-electron chi connectivity index (χ1n) is 10.1. The van der Waals surface area contributed by atoms with Gasteiger partial charge in [-0.25, -0.2) is 13.4 Å². The normalized spacial score (nSPS) is 15.9. The quantitative estimate of drug-likeness (QED) is 0.566. The molecule has 1 aromatic heterocycles. The van der Waals surface area contributed by atoms with E-state index >= 15 is 0 Å². The number of benzene rings is 2. The van der Waals surface area contributed by atoms with E-state index in [1.807, 2.05) is 36.4 Å². The summed E-state index contributed by atoms with van der Waals surface area (Å²) in [5, 5.41) is 2.05. The van der Waals surface area contributed by atoms with Crippen LogP contribution in [0.15, 0.2) is 63.8 Å². The summed E-state index contributed by atoms with van der Waals surface area (Å²) in [7, 11) is -1.86. The molecule has 1 fully saturated rings. The molecule has 1 aliphatic heterocycles. The van der Waals surface area contributed by atoms with E-state index in [-0.39, 0.29) is 0 Å². The number of thiazole rings is 1. The summed E-state index contributed by atoms with van der Waals surface area (Å²) in [4.78, 5) is 5.95. The molecule has 1 saturated heterocycles. The third-order valence-electron chi connectivity index (χ3n) is 5.17. The minimum absolute atomic E-state index is 0.305. The van der Waals surface area contributed by atoms with Crippen molar-refractivity contribution < 1.29 is 17.9 Å². The largest absolute Gasteiger partial charge is 0.497 e. The highest BCUT2D eigenvalue weighted by molar-refractivity contribution is 7.89. The number of hydrogen-bond donors (Lipinski definition) is 0. The van der Waals surface area contributed by atoms with Gasteiger partial charge in [-0.2, -0.15) is 4.31 Å². The van der Waals surface area contributed by atoms with Crippen molar-refractivity contribution in [2.45, 2.75) is 18.4 Å². The summed E-state index contributed by atoms with van der Waals surface area (Å²) < 4.78 is 39.8. The Hall–Kier alpha value is -2.46. The molecule has 9 heteroatoms. The van der Waals surface area contributed by atoms with E-state index in [0.29, 0.717) is 31.2 Å². The summed E-state index contributed by atoms with van der Waals surface area (Å²) in [6, 6.07) is 14.7. The number of hydrogen-bond acceptors (Lipinski definition) is 6. The van der Waals surface area contributed by atoms with Crippen molar-refractivity contribution in [3.63, 3.8) is 0 Å². The van der Waals surface area contributed by atoms with Crippen molar-refractivity contribution in [2.24, 2.45) is 4.99 Å². The number of sulfonamides is 1. The van der Waals surface area contributed by atoms with Crippen LogP contribution in [0.25, 0.3) is 11.3 Å². The first-order valence-corrected chi connectivity index (χ1v) is 12.4. The van der Waals surface area contributed by atoms with Crippen LogP contribution in [-0.4, -0.2) is 50.7 Å². The van der Waals surface area contributed by atoms with Crippen molar-refractivity contribution in [2.75, 3.05) is 33.4 Å². The molecular formula is C22H25N3O4S2. The van der Waals surface area contributed by atoms with Gasteiger partial charge in [-0.1, -0.05) is 12.1 Å². The highest BCUT2D eigenvalue weighted by atomic mass is 32.2. The molecule has 1 aliphatic rings.